The molecule has 63 heavy (non-hydrogen) atoms. The lowest BCUT2D eigenvalue weighted by atomic mass is 9.80. The molecule has 5 aromatic rings. The Morgan fingerprint density at radius 3 is 2.00 bits per heavy atom. The number of aliphatic hydroxyl groups is 1. The maximum absolute atomic E-state index is 14.8. The smallest absolute Gasteiger partial charge is 0.359 e. The van der Waals surface area contributed by atoms with Gasteiger partial charge in [-0.2, -0.15) is 0 Å². The number of methoxy groups -OCH3 is 3. The number of H-pyrrole nitrogens is 2. The molecule has 2 aliphatic heterocycles. The highest BCUT2D eigenvalue weighted by Gasteiger charge is 2.51. The number of aromatic amines is 2. The van der Waals surface area contributed by atoms with Gasteiger partial charge < -0.3 is 47.3 Å². The number of aryl methyl sites for hydroxylation is 1. The molecular weight excluding hydrogens is 843 g/mol. The van der Waals surface area contributed by atoms with Crippen LogP contribution in [0.1, 0.15) is 48.1 Å². The summed E-state index contributed by atoms with van der Waals surface area (Å²) in [4.78, 5) is 54.4. The molecular formula is C43H49N4O15P. The van der Waals surface area contributed by atoms with Crippen molar-refractivity contribution in [1.29, 1.82) is 0 Å². The molecule has 2 unspecified atom stereocenters. The van der Waals surface area contributed by atoms with Crippen molar-refractivity contribution >= 4 is 7.60 Å². The Kier molecular flexibility index (Phi) is 13.8. The maximum atomic E-state index is 14.8. The van der Waals surface area contributed by atoms with Crippen molar-refractivity contribution in [2.24, 2.45) is 0 Å². The summed E-state index contributed by atoms with van der Waals surface area (Å²) >= 11 is 0. The minimum atomic E-state index is -4.38. The zero-order chi connectivity index (χ0) is 45.1. The van der Waals surface area contributed by atoms with Crippen LogP contribution in [0.25, 0.3) is 0 Å². The predicted molar refractivity (Wildman–Crippen MR) is 225 cm³/mol. The number of aromatic nitrogens is 4. The number of aliphatic hydroxyl groups excluding tert-OH is 1. The van der Waals surface area contributed by atoms with Crippen molar-refractivity contribution in [3.63, 3.8) is 0 Å². The fraction of sp³-hybridized carbons (Fsp3) is 0.395. The van der Waals surface area contributed by atoms with Crippen LogP contribution in [-0.2, 0) is 42.9 Å². The first-order valence-electron chi connectivity index (χ1n) is 19.9. The van der Waals surface area contributed by atoms with E-state index < -0.39 is 84.7 Å². The van der Waals surface area contributed by atoms with Crippen molar-refractivity contribution in [1.82, 2.24) is 19.1 Å². The van der Waals surface area contributed by atoms with Crippen LogP contribution < -0.4 is 32.0 Å². The molecule has 3 N–H and O–H groups in total. The molecule has 2 aliphatic rings. The van der Waals surface area contributed by atoms with Gasteiger partial charge in [-0.15, -0.1) is 0 Å². The van der Waals surface area contributed by atoms with Gasteiger partial charge in [0.25, 0.3) is 11.1 Å². The normalized spacial score (nSPS) is 23.9. The number of hydrogen-bond donors (Lipinski definition) is 3. The summed E-state index contributed by atoms with van der Waals surface area (Å²) in [6, 6.07) is 25.4. The van der Waals surface area contributed by atoms with E-state index in [0.29, 0.717) is 11.5 Å². The second-order valence-corrected chi connectivity index (χ2v) is 17.2. The highest BCUT2D eigenvalue weighted by atomic mass is 31.2. The SMILES string of the molecule is COc1ccc(C(OC[C@H]2O[C@@H](n3cc(C)c(=O)[nH]c3=O)C[C@@H]2OP(=O)(OC)C(C)O[C@H]2O[C@@H](n3ccc(=O)[nH]c3=O)[C@H](OC)[C@@H]2O)(c2ccccc2)c2ccc(OC)cc2)cc1. The first-order chi connectivity index (χ1) is 30.2. The Hall–Kier alpha value is -5.47. The van der Waals surface area contributed by atoms with Crippen LogP contribution in [0.2, 0.25) is 0 Å². The van der Waals surface area contributed by atoms with Gasteiger partial charge in [-0.1, -0.05) is 54.6 Å². The lowest BCUT2D eigenvalue weighted by molar-refractivity contribution is -0.186. The Bertz CT molecular complexity index is 2590. The van der Waals surface area contributed by atoms with Crippen LogP contribution in [-0.4, -0.2) is 95.8 Å². The van der Waals surface area contributed by atoms with E-state index >= 15 is 0 Å². The predicted octanol–water partition coefficient (Wildman–Crippen LogP) is 3.53. The van der Waals surface area contributed by atoms with E-state index in [0.717, 1.165) is 34.4 Å². The van der Waals surface area contributed by atoms with Crippen LogP contribution in [0.5, 0.6) is 11.5 Å². The third kappa shape index (κ3) is 9.15. The summed E-state index contributed by atoms with van der Waals surface area (Å²) in [7, 11) is 1.22. The van der Waals surface area contributed by atoms with Gasteiger partial charge in [0.2, 0.25) is 0 Å². The molecule has 0 aliphatic carbocycles. The largest absolute Gasteiger partial charge is 0.497 e. The van der Waals surface area contributed by atoms with Crippen LogP contribution in [0.3, 0.4) is 0 Å². The van der Waals surface area contributed by atoms with E-state index in [-0.39, 0.29) is 18.6 Å². The molecule has 0 radical (unpaired) electrons. The van der Waals surface area contributed by atoms with E-state index in [9.17, 15) is 28.8 Å². The Morgan fingerprint density at radius 2 is 1.43 bits per heavy atom. The molecule has 2 aromatic heterocycles. The molecule has 2 fully saturated rings. The zero-order valence-corrected chi connectivity index (χ0v) is 36.2. The molecule has 9 atom stereocenters. The molecule has 3 aromatic carbocycles. The summed E-state index contributed by atoms with van der Waals surface area (Å²) in [6.07, 6.45) is -6.16. The summed E-state index contributed by atoms with van der Waals surface area (Å²) in [5, 5.41) is 11.2. The molecule has 4 heterocycles. The van der Waals surface area contributed by atoms with E-state index in [1.807, 2.05) is 78.9 Å². The molecule has 0 saturated carbocycles. The van der Waals surface area contributed by atoms with Crippen molar-refractivity contribution < 1.29 is 51.9 Å². The lowest BCUT2D eigenvalue weighted by Gasteiger charge is -2.37. The average Bonchev–Trinajstić information content (AvgIpc) is 3.83. The molecule has 0 spiro atoms. The lowest BCUT2D eigenvalue weighted by Crippen LogP contribution is -2.39. The van der Waals surface area contributed by atoms with Gasteiger partial charge in [0.1, 0.15) is 47.7 Å². The average molecular weight is 893 g/mol. The number of benzene rings is 3. The van der Waals surface area contributed by atoms with Gasteiger partial charge in [-0.3, -0.25) is 33.3 Å². The first kappa shape index (κ1) is 45.6. The molecule has 20 heteroatoms. The van der Waals surface area contributed by atoms with Crippen molar-refractivity contribution in [2.75, 3.05) is 35.0 Å². The number of nitrogens with one attached hydrogen (secondary N) is 2. The second kappa shape index (κ2) is 19.1. The minimum absolute atomic E-state index is 0.0750. The number of nitrogens with zero attached hydrogens (tertiary/aromatic N) is 2. The Labute approximate surface area is 360 Å². The number of hydrogen-bond acceptors (Lipinski definition) is 15. The summed E-state index contributed by atoms with van der Waals surface area (Å²) in [6.45, 7) is 2.71. The quantitative estimate of drug-likeness (QED) is 0.0896. The highest BCUT2D eigenvalue weighted by molar-refractivity contribution is 7.54. The molecule has 0 bridgehead atoms. The van der Waals surface area contributed by atoms with Crippen molar-refractivity contribution in [2.45, 2.75) is 74.9 Å². The molecule has 7 rings (SSSR count). The van der Waals surface area contributed by atoms with E-state index in [1.54, 1.807) is 21.1 Å². The van der Waals surface area contributed by atoms with E-state index in [2.05, 4.69) is 9.97 Å². The minimum Gasteiger partial charge on any atom is -0.497 e. The van der Waals surface area contributed by atoms with Gasteiger partial charge in [-0.05, 0) is 54.8 Å². The number of ether oxygens (including phenoxy) is 7. The van der Waals surface area contributed by atoms with Gasteiger partial charge in [0, 0.05) is 44.7 Å². The standard InChI is InChI=1S/C43H49N4O15P/c1-25-23-47(42(52)45-38(25)50)35-22-32(62-63(53,57-6)26(2)59-40-36(49)37(56-5)39(61-40)46-21-20-34(48)44-41(46)51)33(60-35)24-58-43(27-10-8-7-9-11-27,28-12-16-30(54-3)17-13-28)29-14-18-31(55-4)19-15-29/h7-21,23,26,32-33,35-37,39-40,49H,22,24H2,1-6H3,(H,44,48,51)(H,45,50,52)/t26?,32-,33+,35+,36-,37+,39+,40-,63?/m0/s1. The molecule has 19 nitrogen and oxygen atoms in total. The summed E-state index contributed by atoms with van der Waals surface area (Å²) in [5.74, 6) is -0.187. The molecule has 2 saturated heterocycles. The monoisotopic (exact) mass is 892 g/mol. The molecule has 0 amide bonds. The highest BCUT2D eigenvalue weighted by Crippen LogP contribution is 2.57. The third-order valence-electron chi connectivity index (χ3n) is 11.2. The van der Waals surface area contributed by atoms with E-state index in [4.69, 9.17) is 42.2 Å². The second-order valence-electron chi connectivity index (χ2n) is 14.9. The van der Waals surface area contributed by atoms with Crippen molar-refractivity contribution in [3.05, 3.63) is 161 Å². The van der Waals surface area contributed by atoms with Gasteiger partial charge in [-0.25, -0.2) is 9.59 Å². The van der Waals surface area contributed by atoms with Crippen LogP contribution >= 0.6 is 7.60 Å². The Balaban J connectivity index is 1.23. The zero-order valence-electron chi connectivity index (χ0n) is 35.3. The van der Waals surface area contributed by atoms with Gasteiger partial charge in [0.15, 0.2) is 18.4 Å². The third-order valence-corrected chi connectivity index (χ3v) is 13.2. The van der Waals surface area contributed by atoms with Crippen LogP contribution in [0.4, 0.5) is 0 Å². The van der Waals surface area contributed by atoms with Crippen LogP contribution in [0, 0.1) is 6.92 Å². The van der Waals surface area contributed by atoms with Crippen molar-refractivity contribution in [3.8, 4) is 11.5 Å². The fourth-order valence-electron chi connectivity index (χ4n) is 7.79. The van der Waals surface area contributed by atoms with Crippen LogP contribution in [0.15, 0.2) is 117 Å². The summed E-state index contributed by atoms with van der Waals surface area (Å²) < 4.78 is 71.0. The van der Waals surface area contributed by atoms with Gasteiger partial charge >= 0.3 is 19.0 Å². The Morgan fingerprint density at radius 1 is 0.825 bits per heavy atom. The topological polar surface area (TPSA) is 230 Å². The summed E-state index contributed by atoms with van der Waals surface area (Å²) in [5.41, 5.74) is -1.65. The fourth-order valence-corrected chi connectivity index (χ4v) is 9.21. The maximum Gasteiger partial charge on any atom is 0.359 e. The van der Waals surface area contributed by atoms with E-state index in [1.165, 1.54) is 31.0 Å². The first-order valence-corrected chi connectivity index (χ1v) is 21.5. The number of rotatable bonds is 17. The van der Waals surface area contributed by atoms with Gasteiger partial charge in [0.05, 0.1) is 20.8 Å². The molecule has 336 valence electrons.